The zero-order valence-electron chi connectivity index (χ0n) is 10.0. The number of nitrogens with two attached hydrogens (primary N) is 1. The van der Waals surface area contributed by atoms with Crippen LogP contribution in [0.5, 0.6) is 0 Å². The number of ketones is 1. The Morgan fingerprint density at radius 3 is 2.55 bits per heavy atom. The number of carbonyl (C=O) groups excluding carboxylic acids is 1. The van der Waals surface area contributed by atoms with Gasteiger partial charge in [0, 0.05) is 11.6 Å². The van der Waals surface area contributed by atoms with Gasteiger partial charge in [0.1, 0.15) is 5.69 Å². The van der Waals surface area contributed by atoms with Gasteiger partial charge in [-0.2, -0.15) is 17.9 Å². The predicted octanol–water partition coefficient (Wildman–Crippen LogP) is 2.15. The van der Waals surface area contributed by atoms with Crippen molar-refractivity contribution in [1.29, 1.82) is 0 Å². The monoisotopic (exact) mass is 282 g/mol. The number of pyridine rings is 1. The quantitative estimate of drug-likeness (QED) is 0.521. The van der Waals surface area contributed by atoms with Gasteiger partial charge in [-0.15, -0.1) is 0 Å². The normalized spacial score (nSPS) is 11.3. The van der Waals surface area contributed by atoms with Gasteiger partial charge in [-0.25, -0.2) is 0 Å². The van der Waals surface area contributed by atoms with Gasteiger partial charge in [-0.05, 0) is 12.1 Å². The van der Waals surface area contributed by atoms with Gasteiger partial charge in [-0.1, -0.05) is 12.1 Å². The van der Waals surface area contributed by atoms with Crippen molar-refractivity contribution < 1.29 is 22.7 Å². The molecule has 0 saturated carbocycles. The molecule has 4 nitrogen and oxygen atoms in total. The summed E-state index contributed by atoms with van der Waals surface area (Å²) in [4.78, 5) is 12.1. The highest BCUT2D eigenvalue weighted by Gasteiger charge is 2.31. The van der Waals surface area contributed by atoms with Crippen LogP contribution in [-0.2, 0) is 6.18 Å². The van der Waals surface area contributed by atoms with Gasteiger partial charge in [0.15, 0.2) is 12.0 Å². The molecule has 1 aromatic heterocycles. The molecular formula is C13H9F3N2O2. The minimum absolute atomic E-state index is 0.0172. The molecule has 0 aliphatic carbocycles. The van der Waals surface area contributed by atoms with Crippen molar-refractivity contribution in [2.75, 3.05) is 5.73 Å². The van der Waals surface area contributed by atoms with Gasteiger partial charge in [-0.3, -0.25) is 4.79 Å². The molecule has 0 saturated heterocycles. The summed E-state index contributed by atoms with van der Waals surface area (Å²) in [6.07, 6.45) is -2.51. The van der Waals surface area contributed by atoms with E-state index in [9.17, 15) is 23.2 Å². The summed E-state index contributed by atoms with van der Waals surface area (Å²) in [5.74, 6) is -0.672. The number of nitrogens with zero attached hydrogens (tertiary/aromatic N) is 1. The zero-order valence-corrected chi connectivity index (χ0v) is 10.0. The topological polar surface area (TPSA) is 70.0 Å². The third kappa shape index (κ3) is 2.71. The Morgan fingerprint density at radius 1 is 1.25 bits per heavy atom. The number of nitrogen functional groups attached to an aromatic ring is 1. The number of hydrogen-bond donors (Lipinski definition) is 1. The summed E-state index contributed by atoms with van der Waals surface area (Å²) in [6, 6.07) is 5.19. The third-order valence-corrected chi connectivity index (χ3v) is 2.66. The molecule has 0 aliphatic heterocycles. The Balaban J connectivity index is 2.44. The van der Waals surface area contributed by atoms with E-state index in [4.69, 9.17) is 5.73 Å². The molecule has 0 fully saturated rings. The number of halogens is 3. The largest absolute Gasteiger partial charge is 0.619 e. The highest BCUT2D eigenvalue weighted by molar-refractivity contribution is 6.11. The highest BCUT2D eigenvalue weighted by atomic mass is 19.4. The second-order valence-electron chi connectivity index (χ2n) is 4.08. The maximum Gasteiger partial charge on any atom is 0.416 e. The summed E-state index contributed by atoms with van der Waals surface area (Å²) in [5, 5.41) is 11.0. The fraction of sp³-hybridized carbons (Fsp3) is 0.0769. The number of alkyl halides is 3. The van der Waals surface area contributed by atoms with E-state index < -0.39 is 17.5 Å². The second kappa shape index (κ2) is 4.84. The number of benzene rings is 1. The van der Waals surface area contributed by atoms with E-state index in [1.165, 1.54) is 12.1 Å². The van der Waals surface area contributed by atoms with Crippen LogP contribution in [0.25, 0.3) is 0 Å². The Bertz CT molecular complexity index is 669. The summed E-state index contributed by atoms with van der Waals surface area (Å²) >= 11 is 0. The van der Waals surface area contributed by atoms with Crippen LogP contribution in [-0.4, -0.2) is 5.78 Å². The fourth-order valence-electron chi connectivity index (χ4n) is 1.69. The lowest BCUT2D eigenvalue weighted by Crippen LogP contribution is -2.26. The SMILES string of the molecule is Nc1c[n+]([O-])ccc1C(=O)c1cccc(C(F)(F)F)c1. The molecule has 2 rings (SSSR count). The van der Waals surface area contributed by atoms with Gasteiger partial charge < -0.3 is 10.9 Å². The molecule has 0 spiro atoms. The highest BCUT2D eigenvalue weighted by Crippen LogP contribution is 2.30. The minimum atomic E-state index is -4.53. The van der Waals surface area contributed by atoms with Crippen LogP contribution in [0.1, 0.15) is 21.5 Å². The zero-order chi connectivity index (χ0) is 14.9. The smallest absolute Gasteiger partial charge is 0.416 e. The molecule has 0 radical (unpaired) electrons. The molecular weight excluding hydrogens is 273 g/mol. The standard InChI is InChI=1S/C13H9F3N2O2/c14-13(15,16)9-3-1-2-8(6-9)12(19)10-4-5-18(20)7-11(10)17/h1-7H,17H2. The van der Waals surface area contributed by atoms with Crippen molar-refractivity contribution >= 4 is 11.5 Å². The first-order valence-electron chi connectivity index (χ1n) is 5.49. The number of carbonyl (C=O) groups is 1. The van der Waals surface area contributed by atoms with Crippen molar-refractivity contribution in [2.24, 2.45) is 0 Å². The van der Waals surface area contributed by atoms with Crippen LogP contribution >= 0.6 is 0 Å². The average molecular weight is 282 g/mol. The van der Waals surface area contributed by atoms with E-state index in [0.717, 1.165) is 30.6 Å². The van der Waals surface area contributed by atoms with Crippen LogP contribution in [0.3, 0.4) is 0 Å². The van der Waals surface area contributed by atoms with Gasteiger partial charge in [0.2, 0.25) is 6.20 Å². The molecule has 2 N–H and O–H groups in total. The molecule has 0 unspecified atom stereocenters. The van der Waals surface area contributed by atoms with E-state index in [1.54, 1.807) is 0 Å². The van der Waals surface area contributed by atoms with Crippen LogP contribution < -0.4 is 10.5 Å². The molecule has 1 heterocycles. The molecule has 1 aromatic carbocycles. The van der Waals surface area contributed by atoms with E-state index in [-0.39, 0.29) is 16.8 Å². The molecule has 0 aliphatic rings. The molecule has 0 amide bonds. The van der Waals surface area contributed by atoms with Crippen molar-refractivity contribution in [3.8, 4) is 0 Å². The average Bonchev–Trinajstić information content (AvgIpc) is 2.37. The lowest BCUT2D eigenvalue weighted by Gasteiger charge is -2.09. The number of anilines is 1. The summed E-state index contributed by atoms with van der Waals surface area (Å²) in [5.41, 5.74) is 4.35. The van der Waals surface area contributed by atoms with E-state index >= 15 is 0 Å². The van der Waals surface area contributed by atoms with Crippen LogP contribution in [0, 0.1) is 5.21 Å². The van der Waals surface area contributed by atoms with Crippen molar-refractivity contribution in [3.05, 3.63) is 64.6 Å². The first kappa shape index (κ1) is 13.9. The lowest BCUT2D eigenvalue weighted by atomic mass is 10.0. The van der Waals surface area contributed by atoms with Crippen LogP contribution in [0.2, 0.25) is 0 Å². The second-order valence-corrected chi connectivity index (χ2v) is 4.08. The lowest BCUT2D eigenvalue weighted by molar-refractivity contribution is -0.604. The maximum atomic E-state index is 12.6. The predicted molar refractivity (Wildman–Crippen MR) is 64.7 cm³/mol. The summed E-state index contributed by atoms with van der Waals surface area (Å²) < 4.78 is 38.2. The number of aromatic nitrogens is 1. The van der Waals surface area contributed by atoms with Crippen LogP contribution in [0.4, 0.5) is 18.9 Å². The first-order valence-corrected chi connectivity index (χ1v) is 5.49. The Kier molecular flexibility index (Phi) is 3.35. The molecule has 7 heteroatoms. The molecule has 2 aromatic rings. The summed E-state index contributed by atoms with van der Waals surface area (Å²) in [7, 11) is 0. The van der Waals surface area contributed by atoms with E-state index in [0.29, 0.717) is 4.73 Å². The number of rotatable bonds is 2. The van der Waals surface area contributed by atoms with Gasteiger partial charge in [0.05, 0.1) is 11.1 Å². The van der Waals surface area contributed by atoms with Gasteiger partial charge >= 0.3 is 6.18 Å². The van der Waals surface area contributed by atoms with Crippen molar-refractivity contribution in [2.45, 2.75) is 6.18 Å². The van der Waals surface area contributed by atoms with Crippen LogP contribution in [0.15, 0.2) is 42.7 Å². The van der Waals surface area contributed by atoms with Crippen molar-refractivity contribution in [3.63, 3.8) is 0 Å². The maximum absolute atomic E-state index is 12.6. The Hall–Kier alpha value is -2.57. The Morgan fingerprint density at radius 2 is 1.95 bits per heavy atom. The van der Waals surface area contributed by atoms with Crippen molar-refractivity contribution in [1.82, 2.24) is 0 Å². The van der Waals surface area contributed by atoms with Gasteiger partial charge in [0.25, 0.3) is 0 Å². The van der Waals surface area contributed by atoms with E-state index in [1.807, 2.05) is 0 Å². The molecule has 20 heavy (non-hydrogen) atoms. The molecule has 104 valence electrons. The third-order valence-electron chi connectivity index (χ3n) is 2.66. The molecule has 0 atom stereocenters. The van der Waals surface area contributed by atoms with E-state index in [2.05, 4.69) is 0 Å². The fourth-order valence-corrected chi connectivity index (χ4v) is 1.69. The minimum Gasteiger partial charge on any atom is -0.619 e. The molecule has 0 bridgehead atoms. The number of hydrogen-bond acceptors (Lipinski definition) is 3. The first-order chi connectivity index (χ1) is 9.29. The Labute approximate surface area is 111 Å². The summed E-state index contributed by atoms with van der Waals surface area (Å²) in [6.45, 7) is 0.